The van der Waals surface area contributed by atoms with Crippen LogP contribution in [-0.2, 0) is 0 Å². The van der Waals surface area contributed by atoms with Gasteiger partial charge in [-0.05, 0) is 56.5 Å². The van der Waals surface area contributed by atoms with E-state index in [-0.39, 0.29) is 48.0 Å². The van der Waals surface area contributed by atoms with Gasteiger partial charge in [0.1, 0.15) is 29.8 Å². The highest BCUT2D eigenvalue weighted by Crippen LogP contribution is 2.34. The van der Waals surface area contributed by atoms with Crippen LogP contribution in [0.15, 0.2) is 47.4 Å². The summed E-state index contributed by atoms with van der Waals surface area (Å²) < 4.78 is 5.79. The zero-order chi connectivity index (χ0) is 28.7. The molecule has 4 aromatic rings. The highest BCUT2D eigenvalue weighted by Gasteiger charge is 2.40. The number of fused-ring (bicyclic) bond motifs is 2. The lowest BCUT2D eigenvalue weighted by atomic mass is 9.94. The fourth-order valence-electron chi connectivity index (χ4n) is 5.85. The molecule has 6 rings (SSSR count). The molecular formula is C31H33N5O5. The van der Waals surface area contributed by atoms with E-state index in [1.807, 2.05) is 32.0 Å². The van der Waals surface area contributed by atoms with Crippen molar-refractivity contribution in [3.63, 3.8) is 0 Å². The number of anilines is 1. The molecule has 10 nitrogen and oxygen atoms in total. The Morgan fingerprint density at radius 1 is 1.05 bits per heavy atom. The molecule has 0 saturated heterocycles. The van der Waals surface area contributed by atoms with Crippen LogP contribution in [-0.4, -0.2) is 62.1 Å². The van der Waals surface area contributed by atoms with Gasteiger partial charge in [-0.3, -0.25) is 19.3 Å². The van der Waals surface area contributed by atoms with Crippen LogP contribution in [0.3, 0.4) is 0 Å². The first-order valence-electron chi connectivity index (χ1n) is 14.1. The number of hydrogen-bond acceptors (Lipinski definition) is 7. The van der Waals surface area contributed by atoms with Crippen LogP contribution in [0, 0.1) is 13.8 Å². The van der Waals surface area contributed by atoms with Crippen LogP contribution in [0.1, 0.15) is 63.9 Å². The van der Waals surface area contributed by atoms with E-state index in [9.17, 15) is 19.5 Å². The number of rotatable bonds is 8. The summed E-state index contributed by atoms with van der Waals surface area (Å²) in [6.45, 7) is 4.17. The van der Waals surface area contributed by atoms with E-state index in [0.717, 1.165) is 43.2 Å². The number of aliphatic hydroxyl groups is 1. The molecule has 41 heavy (non-hydrogen) atoms. The van der Waals surface area contributed by atoms with Crippen LogP contribution in [0.5, 0.6) is 5.75 Å². The maximum atomic E-state index is 13.2. The van der Waals surface area contributed by atoms with Gasteiger partial charge in [0.05, 0.1) is 27.8 Å². The lowest BCUT2D eigenvalue weighted by Crippen LogP contribution is -2.40. The molecule has 0 spiro atoms. The third-order valence-electron chi connectivity index (χ3n) is 7.95. The normalized spacial score (nSPS) is 16.3. The van der Waals surface area contributed by atoms with Crippen molar-refractivity contribution in [1.29, 1.82) is 0 Å². The highest BCUT2D eigenvalue weighted by molar-refractivity contribution is 6.23. The molecule has 0 bridgehead atoms. The maximum Gasteiger partial charge on any atom is 0.261 e. The number of nitrogens with one attached hydrogen (secondary N) is 3. The summed E-state index contributed by atoms with van der Waals surface area (Å²) in [6.07, 6.45) is 5.51. The number of pyridine rings is 1. The molecule has 2 aromatic heterocycles. The van der Waals surface area contributed by atoms with Crippen molar-refractivity contribution in [2.24, 2.45) is 0 Å². The van der Waals surface area contributed by atoms with Crippen molar-refractivity contribution in [3.8, 4) is 17.1 Å². The molecule has 212 valence electrons. The van der Waals surface area contributed by atoms with E-state index >= 15 is 0 Å². The fraction of sp³-hybridized carbons (Fsp3) is 0.355. The maximum absolute atomic E-state index is 13.2. The number of H-pyrrole nitrogens is 2. The minimum Gasteiger partial charge on any atom is -0.491 e. The molecule has 4 N–H and O–H groups in total. The molecule has 1 aliphatic heterocycles. The van der Waals surface area contributed by atoms with Gasteiger partial charge in [-0.2, -0.15) is 0 Å². The molecule has 0 unspecified atom stereocenters. The first kappa shape index (κ1) is 26.8. The minimum atomic E-state index is -0.842. The Morgan fingerprint density at radius 3 is 2.56 bits per heavy atom. The Bertz CT molecular complexity index is 1650. The number of imidazole rings is 1. The summed E-state index contributed by atoms with van der Waals surface area (Å²) in [4.78, 5) is 51.2. The van der Waals surface area contributed by atoms with Crippen LogP contribution < -0.4 is 15.6 Å². The fourth-order valence-corrected chi connectivity index (χ4v) is 5.85. The Hall–Kier alpha value is -4.44. The number of amides is 2. The average molecular weight is 556 g/mol. The van der Waals surface area contributed by atoms with Crippen LogP contribution in [0.4, 0.5) is 5.69 Å². The predicted octanol–water partition coefficient (Wildman–Crippen LogP) is 4.32. The van der Waals surface area contributed by atoms with Gasteiger partial charge in [-0.15, -0.1) is 0 Å². The molecule has 2 aliphatic rings. The van der Waals surface area contributed by atoms with E-state index in [4.69, 9.17) is 4.74 Å². The summed E-state index contributed by atoms with van der Waals surface area (Å²) in [6, 6.07) is 10.8. The smallest absolute Gasteiger partial charge is 0.261 e. The second-order valence-corrected chi connectivity index (χ2v) is 11.0. The molecule has 1 saturated carbocycles. The van der Waals surface area contributed by atoms with E-state index in [2.05, 4.69) is 20.3 Å². The summed E-state index contributed by atoms with van der Waals surface area (Å²) in [5.74, 6) is 0.449. The van der Waals surface area contributed by atoms with Crippen LogP contribution in [0.25, 0.3) is 22.4 Å². The first-order valence-corrected chi connectivity index (χ1v) is 14.1. The van der Waals surface area contributed by atoms with Gasteiger partial charge in [0.2, 0.25) is 0 Å². The quantitative estimate of drug-likeness (QED) is 0.237. The van der Waals surface area contributed by atoms with Crippen molar-refractivity contribution in [2.75, 3.05) is 18.5 Å². The number of aromatic nitrogens is 3. The average Bonchev–Trinajstić information content (AvgIpc) is 3.48. The van der Waals surface area contributed by atoms with Crippen LogP contribution >= 0.6 is 0 Å². The van der Waals surface area contributed by atoms with Crippen molar-refractivity contribution in [3.05, 3.63) is 75.2 Å². The van der Waals surface area contributed by atoms with E-state index in [0.29, 0.717) is 33.6 Å². The van der Waals surface area contributed by atoms with Crippen molar-refractivity contribution in [1.82, 2.24) is 19.9 Å². The number of ether oxygens (including phenoxy) is 1. The second kappa shape index (κ2) is 10.9. The summed E-state index contributed by atoms with van der Waals surface area (Å²) in [5.41, 5.74) is 4.22. The van der Waals surface area contributed by atoms with E-state index in [1.54, 1.807) is 18.2 Å². The van der Waals surface area contributed by atoms with Crippen molar-refractivity contribution in [2.45, 2.75) is 58.1 Å². The van der Waals surface area contributed by atoms with Gasteiger partial charge in [0, 0.05) is 18.8 Å². The summed E-state index contributed by atoms with van der Waals surface area (Å²) >= 11 is 0. The summed E-state index contributed by atoms with van der Waals surface area (Å²) in [5, 5.41) is 13.7. The molecule has 2 amide bonds. The minimum absolute atomic E-state index is 0.0591. The van der Waals surface area contributed by atoms with Gasteiger partial charge in [-0.25, -0.2) is 4.98 Å². The lowest BCUT2D eigenvalue weighted by Gasteiger charge is -2.29. The number of carbonyl (C=O) groups excluding carboxylic acids is 2. The zero-order valence-electron chi connectivity index (χ0n) is 23.1. The molecule has 0 radical (unpaired) electrons. The van der Waals surface area contributed by atoms with Gasteiger partial charge in [0.25, 0.3) is 17.4 Å². The third-order valence-corrected chi connectivity index (χ3v) is 7.95. The number of hydrogen-bond donors (Lipinski definition) is 4. The zero-order valence-corrected chi connectivity index (χ0v) is 23.1. The molecular weight excluding hydrogens is 522 g/mol. The number of imide groups is 1. The standard InChI is InChI=1S/C31H33N5O5/c1-17-8-9-26(18(2)12-17)41-16-20(37)15-33-23-10-11-32-29(38)27(23)28-34-24-13-21-22(14-25(24)35-28)31(40)36(30(21)39)19-6-4-3-5-7-19/h8-14,19-20,37H,3-7,15-16H2,1-2H3,(H,34,35)(H2,32,33,38)/t20-/m1/s1. The highest BCUT2D eigenvalue weighted by atomic mass is 16.5. The SMILES string of the molecule is Cc1ccc(OC[C@H](O)CNc2cc[nH]c(=O)c2-c2nc3cc4c(cc3[nH]2)C(=O)N(C2CCCCC2)C4=O)c(C)c1. The van der Waals surface area contributed by atoms with Crippen molar-refractivity contribution >= 4 is 28.5 Å². The van der Waals surface area contributed by atoms with Crippen LogP contribution in [0.2, 0.25) is 0 Å². The summed E-state index contributed by atoms with van der Waals surface area (Å²) in [7, 11) is 0. The largest absolute Gasteiger partial charge is 0.491 e. The molecule has 1 atom stereocenters. The number of carbonyl (C=O) groups is 2. The number of aliphatic hydroxyl groups excluding tert-OH is 1. The Kier molecular flexibility index (Phi) is 7.08. The van der Waals surface area contributed by atoms with Gasteiger partial charge >= 0.3 is 0 Å². The van der Waals surface area contributed by atoms with Crippen molar-refractivity contribution < 1.29 is 19.4 Å². The molecule has 2 aromatic carbocycles. The topological polar surface area (TPSA) is 140 Å². The first-order chi connectivity index (χ1) is 19.8. The van der Waals surface area contributed by atoms with E-state index in [1.165, 1.54) is 11.1 Å². The molecule has 3 heterocycles. The number of aryl methyl sites for hydroxylation is 2. The Balaban J connectivity index is 1.21. The van der Waals surface area contributed by atoms with E-state index < -0.39 is 6.10 Å². The van der Waals surface area contributed by atoms with Gasteiger partial charge in [-0.1, -0.05) is 37.0 Å². The molecule has 10 heteroatoms. The predicted molar refractivity (Wildman–Crippen MR) is 155 cm³/mol. The van der Waals surface area contributed by atoms with Gasteiger partial charge in [0.15, 0.2) is 0 Å². The van der Waals surface area contributed by atoms with Gasteiger partial charge < -0.3 is 25.1 Å². The monoisotopic (exact) mass is 555 g/mol. The molecule has 1 aliphatic carbocycles. The number of benzene rings is 2. The third kappa shape index (κ3) is 5.11. The number of nitrogens with zero attached hydrogens (tertiary/aromatic N) is 2. The lowest BCUT2D eigenvalue weighted by molar-refractivity contribution is 0.0549. The number of aromatic amines is 2. The second-order valence-electron chi connectivity index (χ2n) is 11.0. The Labute approximate surface area is 236 Å². The Morgan fingerprint density at radius 2 is 1.80 bits per heavy atom. The molecule has 1 fully saturated rings.